The second-order valence-corrected chi connectivity index (χ2v) is 3.85. The Morgan fingerprint density at radius 1 is 1.67 bits per heavy atom. The summed E-state index contributed by atoms with van der Waals surface area (Å²) in [7, 11) is 0. The Bertz CT molecular complexity index is 361. The number of nitrogens with zero attached hydrogens (tertiary/aromatic N) is 1. The van der Waals surface area contributed by atoms with Gasteiger partial charge in [-0.15, -0.1) is 0 Å². The average molecular weight is 212 g/mol. The summed E-state index contributed by atoms with van der Waals surface area (Å²) in [6.07, 6.45) is 2.31. The van der Waals surface area contributed by atoms with Crippen LogP contribution in [-0.2, 0) is 0 Å². The second-order valence-electron chi connectivity index (χ2n) is 3.85. The highest BCUT2D eigenvalue weighted by Crippen LogP contribution is 2.05. The minimum Gasteiger partial charge on any atom is -0.389 e. The molecule has 0 radical (unpaired) electrons. The van der Waals surface area contributed by atoms with Gasteiger partial charge in [0.25, 0.3) is 5.91 Å². The number of amides is 1. The first-order chi connectivity index (χ1) is 6.90. The van der Waals surface area contributed by atoms with Gasteiger partial charge < -0.3 is 10.4 Å². The highest BCUT2D eigenvalue weighted by Gasteiger charge is 2.16. The third-order valence-corrected chi connectivity index (χ3v) is 1.70. The molecule has 2 N–H and O–H groups in total. The summed E-state index contributed by atoms with van der Waals surface area (Å²) in [4.78, 5) is 15.0. The molecule has 1 rings (SSSR count). The maximum absolute atomic E-state index is 13.1. The second kappa shape index (κ2) is 4.35. The lowest BCUT2D eigenvalue weighted by Crippen LogP contribution is -2.38. The Morgan fingerprint density at radius 3 is 2.87 bits per heavy atom. The molecule has 1 heterocycles. The first-order valence-electron chi connectivity index (χ1n) is 4.50. The topological polar surface area (TPSA) is 62.2 Å². The molecule has 4 nitrogen and oxygen atoms in total. The fraction of sp³-hybridized carbons (Fsp3) is 0.400. The number of pyridine rings is 1. The van der Waals surface area contributed by atoms with Crippen molar-refractivity contribution in [1.29, 1.82) is 0 Å². The minimum absolute atomic E-state index is 0.0631. The van der Waals surface area contributed by atoms with E-state index in [-0.39, 0.29) is 12.1 Å². The summed E-state index contributed by atoms with van der Waals surface area (Å²) in [5.41, 5.74) is -1.09. The van der Waals surface area contributed by atoms with Crippen LogP contribution in [0.3, 0.4) is 0 Å². The van der Waals surface area contributed by atoms with Gasteiger partial charge in [-0.2, -0.15) is 0 Å². The summed E-state index contributed by atoms with van der Waals surface area (Å²) in [6.45, 7) is 3.17. The summed E-state index contributed by atoms with van der Waals surface area (Å²) in [5, 5.41) is 11.8. The van der Waals surface area contributed by atoms with Crippen LogP contribution in [0, 0.1) is 5.82 Å². The molecule has 82 valence electrons. The van der Waals surface area contributed by atoms with Crippen molar-refractivity contribution < 1.29 is 14.3 Å². The molecule has 5 heteroatoms. The lowest BCUT2D eigenvalue weighted by Gasteiger charge is -2.17. The molecule has 0 saturated carbocycles. The predicted octanol–water partition coefficient (Wildman–Crippen LogP) is 0.721. The van der Waals surface area contributed by atoms with Crippen molar-refractivity contribution in [3.63, 3.8) is 0 Å². The quantitative estimate of drug-likeness (QED) is 0.776. The van der Waals surface area contributed by atoms with Crippen molar-refractivity contribution in [3.05, 3.63) is 29.8 Å². The van der Waals surface area contributed by atoms with Crippen LogP contribution in [0.2, 0.25) is 0 Å². The highest BCUT2D eigenvalue weighted by molar-refractivity contribution is 5.94. The van der Waals surface area contributed by atoms with Crippen molar-refractivity contribution in [2.45, 2.75) is 19.4 Å². The number of hydrogen-bond donors (Lipinski definition) is 2. The van der Waals surface area contributed by atoms with Gasteiger partial charge in [-0.25, -0.2) is 4.39 Å². The molecular weight excluding hydrogens is 199 g/mol. The molecule has 0 aliphatic heterocycles. The maximum Gasteiger partial charge on any atom is 0.254 e. The molecule has 0 fully saturated rings. The van der Waals surface area contributed by atoms with Gasteiger partial charge in [-0.1, -0.05) is 0 Å². The van der Waals surface area contributed by atoms with Crippen LogP contribution in [0.1, 0.15) is 24.2 Å². The molecular formula is C10H13FN2O2. The standard InChI is InChI=1S/C10H13FN2O2/c1-10(2,15)6-13-9(14)7-3-4-12-5-8(7)11/h3-5,15H,6H2,1-2H3,(H,13,14). The van der Waals surface area contributed by atoms with E-state index < -0.39 is 17.3 Å². The number of hydrogen-bond acceptors (Lipinski definition) is 3. The highest BCUT2D eigenvalue weighted by atomic mass is 19.1. The molecule has 1 amide bonds. The zero-order valence-electron chi connectivity index (χ0n) is 8.62. The van der Waals surface area contributed by atoms with Crippen LogP contribution in [0.5, 0.6) is 0 Å². The Labute approximate surface area is 87.1 Å². The molecule has 15 heavy (non-hydrogen) atoms. The Hall–Kier alpha value is -1.49. The van der Waals surface area contributed by atoms with E-state index in [9.17, 15) is 14.3 Å². The fourth-order valence-corrected chi connectivity index (χ4v) is 0.951. The summed E-state index contributed by atoms with van der Waals surface area (Å²) in [6, 6.07) is 1.29. The van der Waals surface area contributed by atoms with E-state index in [4.69, 9.17) is 0 Å². The van der Waals surface area contributed by atoms with E-state index in [2.05, 4.69) is 10.3 Å². The number of carbonyl (C=O) groups is 1. The number of nitrogens with one attached hydrogen (secondary N) is 1. The van der Waals surface area contributed by atoms with E-state index in [1.807, 2.05) is 0 Å². The average Bonchev–Trinajstić information content (AvgIpc) is 2.14. The molecule has 0 bridgehead atoms. The van der Waals surface area contributed by atoms with Gasteiger partial charge in [-0.3, -0.25) is 9.78 Å². The van der Waals surface area contributed by atoms with Gasteiger partial charge in [0.2, 0.25) is 0 Å². The van der Waals surface area contributed by atoms with Crippen molar-refractivity contribution in [1.82, 2.24) is 10.3 Å². The van der Waals surface area contributed by atoms with Crippen molar-refractivity contribution in [3.8, 4) is 0 Å². The van der Waals surface area contributed by atoms with Crippen LogP contribution < -0.4 is 5.32 Å². The largest absolute Gasteiger partial charge is 0.389 e. The van der Waals surface area contributed by atoms with Crippen molar-refractivity contribution in [2.24, 2.45) is 0 Å². The van der Waals surface area contributed by atoms with Crippen LogP contribution >= 0.6 is 0 Å². The number of halogens is 1. The molecule has 0 aromatic carbocycles. The van der Waals surface area contributed by atoms with E-state index in [1.165, 1.54) is 12.3 Å². The lowest BCUT2D eigenvalue weighted by atomic mass is 10.1. The Kier molecular flexibility index (Phi) is 3.36. The zero-order valence-corrected chi connectivity index (χ0v) is 8.62. The van der Waals surface area contributed by atoms with E-state index in [0.717, 1.165) is 6.20 Å². The van der Waals surface area contributed by atoms with Gasteiger partial charge >= 0.3 is 0 Å². The molecule has 0 spiro atoms. The van der Waals surface area contributed by atoms with Gasteiger partial charge in [0.15, 0.2) is 5.82 Å². The van der Waals surface area contributed by atoms with Gasteiger partial charge in [-0.05, 0) is 19.9 Å². The first-order valence-corrected chi connectivity index (χ1v) is 4.50. The van der Waals surface area contributed by atoms with Crippen LogP contribution in [0.15, 0.2) is 18.5 Å². The van der Waals surface area contributed by atoms with Gasteiger partial charge in [0.1, 0.15) is 0 Å². The van der Waals surface area contributed by atoms with Gasteiger partial charge in [0, 0.05) is 12.7 Å². The molecule has 0 unspecified atom stereocenters. The number of aromatic nitrogens is 1. The molecule has 0 saturated heterocycles. The fourth-order valence-electron chi connectivity index (χ4n) is 0.951. The molecule has 0 aliphatic rings. The summed E-state index contributed by atoms with van der Waals surface area (Å²) in [5.74, 6) is -1.23. The minimum atomic E-state index is -1.01. The summed E-state index contributed by atoms with van der Waals surface area (Å²) < 4.78 is 13.1. The summed E-state index contributed by atoms with van der Waals surface area (Å²) >= 11 is 0. The van der Waals surface area contributed by atoms with Crippen LogP contribution in [0.25, 0.3) is 0 Å². The maximum atomic E-state index is 13.1. The lowest BCUT2D eigenvalue weighted by molar-refractivity contribution is 0.0692. The Balaban J connectivity index is 2.66. The third-order valence-electron chi connectivity index (χ3n) is 1.70. The van der Waals surface area contributed by atoms with Crippen molar-refractivity contribution in [2.75, 3.05) is 6.54 Å². The van der Waals surface area contributed by atoms with Crippen LogP contribution in [-0.4, -0.2) is 28.1 Å². The van der Waals surface area contributed by atoms with Gasteiger partial charge in [0.05, 0.1) is 17.4 Å². The monoisotopic (exact) mass is 212 g/mol. The SMILES string of the molecule is CC(C)(O)CNC(=O)c1ccncc1F. The Morgan fingerprint density at radius 2 is 2.33 bits per heavy atom. The third kappa shape index (κ3) is 3.63. The van der Waals surface area contributed by atoms with Crippen molar-refractivity contribution >= 4 is 5.91 Å². The van der Waals surface area contributed by atoms with E-state index in [1.54, 1.807) is 13.8 Å². The molecule has 1 aromatic rings. The predicted molar refractivity (Wildman–Crippen MR) is 52.8 cm³/mol. The number of rotatable bonds is 3. The molecule has 0 atom stereocenters. The van der Waals surface area contributed by atoms with E-state index >= 15 is 0 Å². The van der Waals surface area contributed by atoms with E-state index in [0.29, 0.717) is 0 Å². The van der Waals surface area contributed by atoms with Crippen LogP contribution in [0.4, 0.5) is 4.39 Å². The molecule has 1 aromatic heterocycles. The normalized spacial score (nSPS) is 11.2. The zero-order chi connectivity index (χ0) is 11.5. The number of carbonyl (C=O) groups excluding carboxylic acids is 1. The smallest absolute Gasteiger partial charge is 0.254 e. The number of aliphatic hydroxyl groups is 1. The first kappa shape index (κ1) is 11.6. The molecule has 0 aliphatic carbocycles.